The van der Waals surface area contributed by atoms with Gasteiger partial charge in [0.05, 0.1) is 0 Å². The Morgan fingerprint density at radius 1 is 1.50 bits per heavy atom. The highest BCUT2D eigenvalue weighted by atomic mass is 15.2. The number of hydrogen-bond acceptors (Lipinski definition) is 3. The highest BCUT2D eigenvalue weighted by Crippen LogP contribution is 2.11. The van der Waals surface area contributed by atoms with Crippen LogP contribution in [0.25, 0.3) is 0 Å². The van der Waals surface area contributed by atoms with E-state index in [9.17, 15) is 0 Å². The largest absolute Gasteiger partial charge is 0.355 e. The van der Waals surface area contributed by atoms with Crippen molar-refractivity contribution in [1.82, 2.24) is 14.5 Å². The second-order valence-corrected chi connectivity index (χ2v) is 5.19. The van der Waals surface area contributed by atoms with E-state index in [1.165, 1.54) is 32.5 Å². The molecular formula is C14H24N4. The van der Waals surface area contributed by atoms with Gasteiger partial charge in [0.25, 0.3) is 0 Å². The van der Waals surface area contributed by atoms with Gasteiger partial charge < -0.3 is 14.8 Å². The molecule has 2 heterocycles. The monoisotopic (exact) mass is 248 g/mol. The molecule has 0 aromatic carbocycles. The predicted octanol–water partition coefficient (Wildman–Crippen LogP) is 2.21. The second kappa shape index (κ2) is 6.59. The Hall–Kier alpha value is -1.29. The number of aromatic nitrogens is 2. The Morgan fingerprint density at radius 2 is 2.28 bits per heavy atom. The Morgan fingerprint density at radius 3 is 3.00 bits per heavy atom. The molecule has 100 valence electrons. The first kappa shape index (κ1) is 13.1. The van der Waals surface area contributed by atoms with Crippen LogP contribution in [0.2, 0.25) is 0 Å². The Labute approximate surface area is 110 Å². The fraction of sp³-hybridized carbons (Fsp3) is 0.643. The number of nitrogens with zero attached hydrogens (tertiary/aromatic N) is 3. The normalized spacial score (nSPS) is 17.8. The maximum atomic E-state index is 4.33. The number of hydrogen-bond donors (Lipinski definition) is 1. The average molecular weight is 248 g/mol. The van der Waals surface area contributed by atoms with Crippen molar-refractivity contribution in [3.8, 4) is 0 Å². The Balaban J connectivity index is 1.75. The number of allylic oxidation sites excluding steroid dienone is 1. The van der Waals surface area contributed by atoms with Gasteiger partial charge in [-0.3, -0.25) is 0 Å². The van der Waals surface area contributed by atoms with Crippen molar-refractivity contribution in [2.75, 3.05) is 31.5 Å². The van der Waals surface area contributed by atoms with Gasteiger partial charge in [0, 0.05) is 32.0 Å². The van der Waals surface area contributed by atoms with Gasteiger partial charge >= 0.3 is 0 Å². The predicted molar refractivity (Wildman–Crippen MR) is 75.8 cm³/mol. The Kier molecular flexibility index (Phi) is 4.81. The lowest BCUT2D eigenvalue weighted by Gasteiger charge is -2.20. The van der Waals surface area contributed by atoms with Gasteiger partial charge in [-0.15, -0.1) is 6.58 Å². The van der Waals surface area contributed by atoms with Crippen LogP contribution in [0, 0.1) is 5.92 Å². The maximum Gasteiger partial charge on any atom is 0.203 e. The molecule has 1 N–H and O–H groups in total. The van der Waals surface area contributed by atoms with E-state index in [2.05, 4.69) is 33.3 Å². The molecule has 1 fully saturated rings. The van der Waals surface area contributed by atoms with Crippen molar-refractivity contribution < 1.29 is 0 Å². The lowest BCUT2D eigenvalue weighted by atomic mass is 10.1. The van der Waals surface area contributed by atoms with Gasteiger partial charge in [0.15, 0.2) is 0 Å². The highest BCUT2D eigenvalue weighted by molar-refractivity contribution is 5.26. The summed E-state index contributed by atoms with van der Waals surface area (Å²) in [6.07, 6.45) is 8.43. The zero-order valence-corrected chi connectivity index (χ0v) is 11.3. The van der Waals surface area contributed by atoms with E-state index < -0.39 is 0 Å². The van der Waals surface area contributed by atoms with E-state index in [0.717, 1.165) is 19.0 Å². The molecule has 4 heteroatoms. The molecule has 1 atom stereocenters. The molecule has 0 aliphatic carbocycles. The molecule has 0 spiro atoms. The second-order valence-electron chi connectivity index (χ2n) is 5.19. The molecule has 1 saturated heterocycles. The van der Waals surface area contributed by atoms with Crippen LogP contribution >= 0.6 is 0 Å². The van der Waals surface area contributed by atoms with Crippen molar-refractivity contribution in [2.24, 2.45) is 5.92 Å². The van der Waals surface area contributed by atoms with E-state index in [0.29, 0.717) is 5.92 Å². The van der Waals surface area contributed by atoms with Gasteiger partial charge in [-0.25, -0.2) is 4.98 Å². The van der Waals surface area contributed by atoms with Gasteiger partial charge in [0.2, 0.25) is 5.95 Å². The first-order chi connectivity index (χ1) is 8.79. The van der Waals surface area contributed by atoms with Gasteiger partial charge in [-0.1, -0.05) is 13.0 Å². The van der Waals surface area contributed by atoms with Crippen LogP contribution in [0.5, 0.6) is 0 Å². The molecule has 0 amide bonds. The third kappa shape index (κ3) is 3.60. The molecule has 0 radical (unpaired) electrons. The van der Waals surface area contributed by atoms with Crippen molar-refractivity contribution in [1.29, 1.82) is 0 Å². The van der Waals surface area contributed by atoms with Crippen molar-refractivity contribution >= 4 is 5.95 Å². The van der Waals surface area contributed by atoms with E-state index in [4.69, 9.17) is 0 Å². The summed E-state index contributed by atoms with van der Waals surface area (Å²) in [5.74, 6) is 1.60. The third-order valence-corrected chi connectivity index (χ3v) is 3.42. The number of nitrogens with one attached hydrogen (secondary N) is 1. The van der Waals surface area contributed by atoms with Gasteiger partial charge in [-0.05, 0) is 31.8 Å². The summed E-state index contributed by atoms with van der Waals surface area (Å²) in [6, 6.07) is 0. The van der Waals surface area contributed by atoms with Crippen LogP contribution in [-0.4, -0.2) is 40.6 Å². The van der Waals surface area contributed by atoms with Crippen LogP contribution in [0.3, 0.4) is 0 Å². The van der Waals surface area contributed by atoms with Crippen molar-refractivity contribution in [2.45, 2.75) is 26.3 Å². The standard InChI is InChI=1S/C14H24N4/c1-3-7-18-10-6-15-14(18)16-11-13(2)12-17-8-4-5-9-17/h3,6,10,13H,1,4-5,7-9,11-12H2,2H3,(H,15,16). The van der Waals surface area contributed by atoms with E-state index in [-0.39, 0.29) is 0 Å². The topological polar surface area (TPSA) is 33.1 Å². The van der Waals surface area contributed by atoms with Crippen LogP contribution in [0.4, 0.5) is 5.95 Å². The zero-order valence-electron chi connectivity index (χ0n) is 11.3. The van der Waals surface area contributed by atoms with Gasteiger partial charge in [-0.2, -0.15) is 0 Å². The quantitative estimate of drug-likeness (QED) is 0.751. The molecule has 0 saturated carbocycles. The SMILES string of the molecule is C=CCn1ccnc1NCC(C)CN1CCCC1. The summed E-state index contributed by atoms with van der Waals surface area (Å²) >= 11 is 0. The number of imidazole rings is 1. The summed E-state index contributed by atoms with van der Waals surface area (Å²) in [5, 5.41) is 3.43. The highest BCUT2D eigenvalue weighted by Gasteiger charge is 2.14. The molecule has 18 heavy (non-hydrogen) atoms. The van der Waals surface area contributed by atoms with Crippen LogP contribution in [0.1, 0.15) is 19.8 Å². The van der Waals surface area contributed by atoms with Gasteiger partial charge in [0.1, 0.15) is 0 Å². The van der Waals surface area contributed by atoms with Crippen LogP contribution < -0.4 is 5.32 Å². The molecular weight excluding hydrogens is 224 g/mol. The minimum Gasteiger partial charge on any atom is -0.355 e. The first-order valence-electron chi connectivity index (χ1n) is 6.88. The lowest BCUT2D eigenvalue weighted by molar-refractivity contribution is 0.294. The summed E-state index contributed by atoms with van der Waals surface area (Å²) < 4.78 is 2.08. The third-order valence-electron chi connectivity index (χ3n) is 3.42. The van der Waals surface area contributed by atoms with Crippen molar-refractivity contribution in [3.05, 3.63) is 25.0 Å². The molecule has 1 aromatic rings. The minimum absolute atomic E-state index is 0.650. The summed E-state index contributed by atoms with van der Waals surface area (Å²) in [7, 11) is 0. The molecule has 1 aliphatic rings. The number of rotatable bonds is 7. The van der Waals surface area contributed by atoms with E-state index in [1.807, 2.05) is 18.5 Å². The maximum absolute atomic E-state index is 4.33. The summed E-state index contributed by atoms with van der Waals surface area (Å²) in [4.78, 5) is 6.89. The number of likely N-dealkylation sites (tertiary alicyclic amines) is 1. The summed E-state index contributed by atoms with van der Waals surface area (Å²) in [5.41, 5.74) is 0. The van der Waals surface area contributed by atoms with Crippen molar-refractivity contribution in [3.63, 3.8) is 0 Å². The fourth-order valence-corrected chi connectivity index (χ4v) is 2.50. The van der Waals surface area contributed by atoms with Crippen LogP contribution in [-0.2, 0) is 6.54 Å². The number of anilines is 1. The first-order valence-corrected chi connectivity index (χ1v) is 6.88. The molecule has 1 aromatic heterocycles. The molecule has 2 rings (SSSR count). The summed E-state index contributed by atoms with van der Waals surface area (Å²) in [6.45, 7) is 11.6. The minimum atomic E-state index is 0.650. The fourth-order valence-electron chi connectivity index (χ4n) is 2.50. The Bertz CT molecular complexity index is 366. The van der Waals surface area contributed by atoms with Crippen LogP contribution in [0.15, 0.2) is 25.0 Å². The smallest absolute Gasteiger partial charge is 0.203 e. The molecule has 0 bridgehead atoms. The van der Waals surface area contributed by atoms with E-state index >= 15 is 0 Å². The zero-order chi connectivity index (χ0) is 12.8. The molecule has 1 unspecified atom stereocenters. The average Bonchev–Trinajstić information content (AvgIpc) is 2.99. The lowest BCUT2D eigenvalue weighted by Crippen LogP contribution is -2.29. The molecule has 4 nitrogen and oxygen atoms in total. The van der Waals surface area contributed by atoms with E-state index in [1.54, 1.807) is 0 Å². The molecule has 1 aliphatic heterocycles.